The second kappa shape index (κ2) is 14.7. The number of carbonyl (C=O) groups is 1. The molecule has 0 spiro atoms. The molecule has 1 aliphatic heterocycles. The quantitative estimate of drug-likeness (QED) is 0.291. The molecule has 2 atom stereocenters. The van der Waals surface area contributed by atoms with Gasteiger partial charge >= 0.3 is 5.97 Å². The maximum atomic E-state index is 11.0. The van der Waals surface area contributed by atoms with Gasteiger partial charge in [0.15, 0.2) is 0 Å². The monoisotopic (exact) mass is 340 g/mol. The fraction of sp³-hybridized carbons (Fsp3) is 0.952. The highest BCUT2D eigenvalue weighted by atomic mass is 16.5. The van der Waals surface area contributed by atoms with Gasteiger partial charge in [0.2, 0.25) is 0 Å². The standard InChI is InChI=1S/C21H40O3/c1-3-4-5-6-7-10-13-19-16-20(18-24-17-19)14-11-8-9-12-15-21(22)23-2/h19-20H,3-18H2,1-2H3. The minimum Gasteiger partial charge on any atom is -0.469 e. The van der Waals surface area contributed by atoms with Gasteiger partial charge in [-0.05, 0) is 37.5 Å². The van der Waals surface area contributed by atoms with E-state index in [0.717, 1.165) is 37.9 Å². The van der Waals surface area contributed by atoms with Crippen LogP contribution in [0.25, 0.3) is 0 Å². The highest BCUT2D eigenvalue weighted by Crippen LogP contribution is 2.28. The average Bonchev–Trinajstić information content (AvgIpc) is 2.61. The summed E-state index contributed by atoms with van der Waals surface area (Å²) >= 11 is 0. The van der Waals surface area contributed by atoms with E-state index in [-0.39, 0.29) is 5.97 Å². The number of hydrogen-bond donors (Lipinski definition) is 0. The van der Waals surface area contributed by atoms with Gasteiger partial charge in [0.25, 0.3) is 0 Å². The van der Waals surface area contributed by atoms with Gasteiger partial charge in [-0.3, -0.25) is 4.79 Å². The molecule has 142 valence electrons. The summed E-state index contributed by atoms with van der Waals surface area (Å²) in [5.74, 6) is 1.49. The zero-order valence-electron chi connectivity index (χ0n) is 16.2. The molecule has 2 unspecified atom stereocenters. The topological polar surface area (TPSA) is 35.5 Å². The van der Waals surface area contributed by atoms with Crippen LogP contribution in [0.5, 0.6) is 0 Å². The van der Waals surface area contributed by atoms with Crippen molar-refractivity contribution in [3.63, 3.8) is 0 Å². The molecule has 1 fully saturated rings. The molecule has 0 aromatic carbocycles. The van der Waals surface area contributed by atoms with Crippen molar-refractivity contribution in [3.8, 4) is 0 Å². The molecule has 0 N–H and O–H groups in total. The Balaban J connectivity index is 1.97. The molecule has 0 aromatic heterocycles. The van der Waals surface area contributed by atoms with E-state index in [2.05, 4.69) is 11.7 Å². The first-order chi connectivity index (χ1) is 11.8. The van der Waals surface area contributed by atoms with Crippen molar-refractivity contribution in [2.45, 2.75) is 96.8 Å². The van der Waals surface area contributed by atoms with Crippen molar-refractivity contribution >= 4 is 5.97 Å². The zero-order chi connectivity index (χ0) is 17.5. The van der Waals surface area contributed by atoms with Gasteiger partial charge in [-0.1, -0.05) is 64.7 Å². The molecular formula is C21H40O3. The Morgan fingerprint density at radius 3 is 2.00 bits per heavy atom. The predicted octanol–water partition coefficient (Wildman–Crippen LogP) is 5.90. The number of unbranched alkanes of at least 4 members (excludes halogenated alkanes) is 8. The maximum Gasteiger partial charge on any atom is 0.305 e. The van der Waals surface area contributed by atoms with E-state index in [9.17, 15) is 4.79 Å². The first kappa shape index (κ1) is 21.5. The SMILES string of the molecule is CCCCCCCCC1COCC(CCCCCCC(=O)OC)C1. The van der Waals surface area contributed by atoms with Crippen molar-refractivity contribution in [2.75, 3.05) is 20.3 Å². The molecule has 1 aliphatic rings. The van der Waals surface area contributed by atoms with E-state index in [1.807, 2.05) is 0 Å². The van der Waals surface area contributed by atoms with Gasteiger partial charge in [-0.2, -0.15) is 0 Å². The van der Waals surface area contributed by atoms with E-state index in [4.69, 9.17) is 4.74 Å². The summed E-state index contributed by atoms with van der Waals surface area (Å²) in [4.78, 5) is 11.0. The van der Waals surface area contributed by atoms with Gasteiger partial charge in [-0.25, -0.2) is 0 Å². The Kier molecular flexibility index (Phi) is 13.2. The summed E-state index contributed by atoms with van der Waals surface area (Å²) in [6.07, 6.45) is 17.6. The second-order valence-corrected chi connectivity index (χ2v) is 7.59. The van der Waals surface area contributed by atoms with Gasteiger partial charge in [0.1, 0.15) is 0 Å². The minimum atomic E-state index is -0.0757. The molecule has 0 aliphatic carbocycles. The van der Waals surface area contributed by atoms with Crippen LogP contribution in [0, 0.1) is 11.8 Å². The highest BCUT2D eigenvalue weighted by molar-refractivity contribution is 5.68. The van der Waals surface area contributed by atoms with E-state index >= 15 is 0 Å². The summed E-state index contributed by atoms with van der Waals surface area (Å²) in [6, 6.07) is 0. The lowest BCUT2D eigenvalue weighted by molar-refractivity contribution is -0.140. The molecule has 0 aromatic rings. The number of rotatable bonds is 14. The normalized spacial score (nSPS) is 20.9. The number of carbonyl (C=O) groups excluding carboxylic acids is 1. The van der Waals surface area contributed by atoms with Crippen molar-refractivity contribution in [2.24, 2.45) is 11.8 Å². The van der Waals surface area contributed by atoms with Crippen LogP contribution in [0.2, 0.25) is 0 Å². The molecule has 24 heavy (non-hydrogen) atoms. The third kappa shape index (κ3) is 11.1. The molecule has 1 rings (SSSR count). The first-order valence-corrected chi connectivity index (χ1v) is 10.4. The van der Waals surface area contributed by atoms with E-state index in [0.29, 0.717) is 6.42 Å². The Hall–Kier alpha value is -0.570. The summed E-state index contributed by atoms with van der Waals surface area (Å²) < 4.78 is 10.5. The van der Waals surface area contributed by atoms with Crippen LogP contribution in [-0.2, 0) is 14.3 Å². The average molecular weight is 341 g/mol. The molecule has 3 nitrogen and oxygen atoms in total. The van der Waals surface area contributed by atoms with Crippen LogP contribution in [0.4, 0.5) is 0 Å². The van der Waals surface area contributed by atoms with Crippen LogP contribution in [0.1, 0.15) is 96.8 Å². The molecular weight excluding hydrogens is 300 g/mol. The smallest absolute Gasteiger partial charge is 0.305 e. The van der Waals surface area contributed by atoms with Crippen LogP contribution in [0.15, 0.2) is 0 Å². The van der Waals surface area contributed by atoms with Crippen molar-refractivity contribution in [3.05, 3.63) is 0 Å². The molecule has 0 amide bonds. The Bertz CT molecular complexity index is 303. The maximum absolute atomic E-state index is 11.0. The Morgan fingerprint density at radius 1 is 0.875 bits per heavy atom. The number of esters is 1. The highest BCUT2D eigenvalue weighted by Gasteiger charge is 2.21. The lowest BCUT2D eigenvalue weighted by Crippen LogP contribution is -2.25. The Labute approximate surface area is 149 Å². The number of hydrogen-bond acceptors (Lipinski definition) is 3. The number of ether oxygens (including phenoxy) is 2. The number of methoxy groups -OCH3 is 1. The molecule has 0 bridgehead atoms. The van der Waals surface area contributed by atoms with Crippen molar-refractivity contribution < 1.29 is 14.3 Å². The summed E-state index contributed by atoms with van der Waals surface area (Å²) in [5, 5.41) is 0. The summed E-state index contributed by atoms with van der Waals surface area (Å²) in [6.45, 7) is 4.23. The van der Waals surface area contributed by atoms with Gasteiger partial charge < -0.3 is 9.47 Å². The van der Waals surface area contributed by atoms with Crippen LogP contribution in [-0.4, -0.2) is 26.3 Å². The first-order valence-electron chi connectivity index (χ1n) is 10.4. The lowest BCUT2D eigenvalue weighted by Gasteiger charge is -2.29. The predicted molar refractivity (Wildman–Crippen MR) is 100 cm³/mol. The van der Waals surface area contributed by atoms with Gasteiger partial charge in [-0.15, -0.1) is 0 Å². The molecule has 3 heteroatoms. The molecule has 0 saturated carbocycles. The fourth-order valence-electron chi connectivity index (χ4n) is 3.78. The lowest BCUT2D eigenvalue weighted by atomic mass is 9.86. The van der Waals surface area contributed by atoms with Gasteiger partial charge in [0.05, 0.1) is 7.11 Å². The second-order valence-electron chi connectivity index (χ2n) is 7.59. The fourth-order valence-corrected chi connectivity index (χ4v) is 3.78. The van der Waals surface area contributed by atoms with Crippen LogP contribution < -0.4 is 0 Å². The molecule has 1 saturated heterocycles. The van der Waals surface area contributed by atoms with E-state index in [1.54, 1.807) is 0 Å². The third-order valence-electron chi connectivity index (χ3n) is 5.31. The zero-order valence-corrected chi connectivity index (χ0v) is 16.2. The van der Waals surface area contributed by atoms with Crippen LogP contribution in [0.3, 0.4) is 0 Å². The van der Waals surface area contributed by atoms with Crippen LogP contribution >= 0.6 is 0 Å². The van der Waals surface area contributed by atoms with E-state index < -0.39 is 0 Å². The minimum absolute atomic E-state index is 0.0757. The summed E-state index contributed by atoms with van der Waals surface area (Å²) in [7, 11) is 1.47. The van der Waals surface area contributed by atoms with Gasteiger partial charge in [0, 0.05) is 19.6 Å². The van der Waals surface area contributed by atoms with Crippen molar-refractivity contribution in [1.82, 2.24) is 0 Å². The van der Waals surface area contributed by atoms with E-state index in [1.165, 1.54) is 77.7 Å². The summed E-state index contributed by atoms with van der Waals surface area (Å²) in [5.41, 5.74) is 0. The third-order valence-corrected chi connectivity index (χ3v) is 5.31. The Morgan fingerprint density at radius 2 is 1.42 bits per heavy atom. The largest absolute Gasteiger partial charge is 0.469 e. The van der Waals surface area contributed by atoms with Crippen molar-refractivity contribution in [1.29, 1.82) is 0 Å². The molecule has 1 heterocycles. The molecule has 0 radical (unpaired) electrons.